The van der Waals surface area contributed by atoms with Crippen molar-refractivity contribution in [1.29, 1.82) is 0 Å². The molecule has 1 aliphatic heterocycles. The van der Waals surface area contributed by atoms with E-state index in [9.17, 15) is 0 Å². The van der Waals surface area contributed by atoms with Gasteiger partial charge in [0.2, 0.25) is 0 Å². The van der Waals surface area contributed by atoms with E-state index >= 15 is 0 Å². The minimum Gasteiger partial charge on any atom is -0.378 e. The molecule has 2 atom stereocenters. The molecule has 0 radical (unpaired) electrons. The number of nitrogens with one attached hydrogen (secondary N) is 1. The largest absolute Gasteiger partial charge is 0.378 e. The normalized spacial score (nSPS) is 24.7. The zero-order valence-corrected chi connectivity index (χ0v) is 10.3. The van der Waals surface area contributed by atoms with Crippen LogP contribution in [0.5, 0.6) is 0 Å². The van der Waals surface area contributed by atoms with Gasteiger partial charge in [0.25, 0.3) is 0 Å². The summed E-state index contributed by atoms with van der Waals surface area (Å²) in [7, 11) is 6.19. The topological polar surface area (TPSA) is 15.3 Å². The molecule has 0 aromatic heterocycles. The maximum Gasteiger partial charge on any atom is 0.0459 e. The Kier molecular flexibility index (Phi) is 3.22. The molecule has 1 fully saturated rings. The average molecular weight is 222 g/mol. The Hall–Kier alpha value is -0.670. The van der Waals surface area contributed by atoms with E-state index in [1.807, 2.05) is 18.8 Å². The SMILES string of the molecule is CNC1CSC1c1ccc(N(C)C)cc1. The summed E-state index contributed by atoms with van der Waals surface area (Å²) in [5.41, 5.74) is 2.71. The lowest BCUT2D eigenvalue weighted by molar-refractivity contribution is 0.573. The lowest BCUT2D eigenvalue weighted by atomic mass is 10.0. The van der Waals surface area contributed by atoms with Crippen LogP contribution in [0.4, 0.5) is 5.69 Å². The second-order valence-electron chi connectivity index (χ2n) is 4.14. The number of benzene rings is 1. The molecule has 0 spiro atoms. The van der Waals surface area contributed by atoms with Gasteiger partial charge in [-0.2, -0.15) is 11.8 Å². The molecule has 82 valence electrons. The van der Waals surface area contributed by atoms with Crippen molar-refractivity contribution in [2.45, 2.75) is 11.3 Å². The fourth-order valence-corrected chi connectivity index (χ4v) is 3.04. The van der Waals surface area contributed by atoms with Crippen LogP contribution in [0.1, 0.15) is 10.8 Å². The second-order valence-corrected chi connectivity index (χ2v) is 5.31. The molecule has 15 heavy (non-hydrogen) atoms. The molecule has 2 unspecified atom stereocenters. The minimum absolute atomic E-state index is 0.645. The monoisotopic (exact) mass is 222 g/mol. The predicted octanol–water partition coefficient (Wildman–Crippen LogP) is 2.13. The van der Waals surface area contributed by atoms with Gasteiger partial charge in [-0.05, 0) is 24.7 Å². The third-order valence-corrected chi connectivity index (χ3v) is 4.44. The highest BCUT2D eigenvalue weighted by atomic mass is 32.2. The summed E-state index contributed by atoms with van der Waals surface area (Å²) >= 11 is 2.03. The van der Waals surface area contributed by atoms with Gasteiger partial charge in [0.15, 0.2) is 0 Å². The fraction of sp³-hybridized carbons (Fsp3) is 0.500. The molecular formula is C12H18N2S. The van der Waals surface area contributed by atoms with Gasteiger partial charge in [-0.1, -0.05) is 12.1 Å². The molecule has 0 amide bonds. The Balaban J connectivity index is 2.10. The lowest BCUT2D eigenvalue weighted by Gasteiger charge is -2.36. The molecule has 3 heteroatoms. The first-order chi connectivity index (χ1) is 7.22. The van der Waals surface area contributed by atoms with Crippen LogP contribution in [0, 0.1) is 0 Å². The molecule has 1 heterocycles. The Labute approximate surface area is 96.0 Å². The van der Waals surface area contributed by atoms with Crippen molar-refractivity contribution in [3.8, 4) is 0 Å². The highest BCUT2D eigenvalue weighted by molar-refractivity contribution is 8.01. The second kappa shape index (κ2) is 4.45. The minimum atomic E-state index is 0.645. The van der Waals surface area contributed by atoms with Gasteiger partial charge in [0, 0.05) is 36.8 Å². The molecule has 1 N–H and O–H groups in total. The number of nitrogens with zero attached hydrogens (tertiary/aromatic N) is 1. The van der Waals surface area contributed by atoms with E-state index < -0.39 is 0 Å². The van der Waals surface area contributed by atoms with Crippen molar-refractivity contribution in [2.75, 3.05) is 31.8 Å². The van der Waals surface area contributed by atoms with Crippen molar-refractivity contribution in [3.05, 3.63) is 29.8 Å². The van der Waals surface area contributed by atoms with Crippen LogP contribution in [0.15, 0.2) is 24.3 Å². The first-order valence-electron chi connectivity index (χ1n) is 5.28. The Bertz CT molecular complexity index is 319. The lowest BCUT2D eigenvalue weighted by Crippen LogP contribution is -2.40. The van der Waals surface area contributed by atoms with Gasteiger partial charge >= 0.3 is 0 Å². The molecular weight excluding hydrogens is 204 g/mol. The summed E-state index contributed by atoms with van der Waals surface area (Å²) in [6, 6.07) is 9.54. The standard InChI is InChI=1S/C12H18N2S/c1-13-11-8-15-12(11)9-4-6-10(7-5-9)14(2)3/h4-7,11-13H,8H2,1-3H3. The fourth-order valence-electron chi connectivity index (χ4n) is 1.81. The molecule has 0 aliphatic carbocycles. The first kappa shape index (κ1) is 10.8. The van der Waals surface area contributed by atoms with E-state index in [2.05, 4.69) is 48.6 Å². The van der Waals surface area contributed by atoms with Crippen molar-refractivity contribution >= 4 is 17.4 Å². The number of rotatable bonds is 3. The highest BCUT2D eigenvalue weighted by Crippen LogP contribution is 2.42. The van der Waals surface area contributed by atoms with E-state index in [1.165, 1.54) is 17.0 Å². The molecule has 1 aromatic rings. The number of thioether (sulfide) groups is 1. The Morgan fingerprint density at radius 3 is 2.33 bits per heavy atom. The highest BCUT2D eigenvalue weighted by Gasteiger charge is 2.31. The van der Waals surface area contributed by atoms with Crippen LogP contribution in [0.25, 0.3) is 0 Å². The summed E-state index contributed by atoms with van der Waals surface area (Å²) in [4.78, 5) is 2.13. The van der Waals surface area contributed by atoms with Crippen LogP contribution in [0.3, 0.4) is 0 Å². The maximum atomic E-state index is 3.36. The van der Waals surface area contributed by atoms with E-state index in [0.717, 1.165) is 0 Å². The van der Waals surface area contributed by atoms with Crippen LogP contribution in [-0.2, 0) is 0 Å². The van der Waals surface area contributed by atoms with Crippen molar-refractivity contribution in [3.63, 3.8) is 0 Å². The molecule has 1 aliphatic rings. The Morgan fingerprint density at radius 2 is 1.93 bits per heavy atom. The first-order valence-corrected chi connectivity index (χ1v) is 6.33. The van der Waals surface area contributed by atoms with Gasteiger partial charge in [-0.25, -0.2) is 0 Å². The summed E-state index contributed by atoms with van der Waals surface area (Å²) < 4.78 is 0. The number of likely N-dealkylation sites (N-methyl/N-ethyl adjacent to an activating group) is 1. The number of anilines is 1. The van der Waals surface area contributed by atoms with Gasteiger partial charge in [0.05, 0.1) is 0 Å². The summed E-state index contributed by atoms with van der Waals surface area (Å²) in [6.45, 7) is 0. The van der Waals surface area contributed by atoms with Crippen LogP contribution >= 0.6 is 11.8 Å². The number of hydrogen-bond donors (Lipinski definition) is 1. The summed E-state index contributed by atoms with van der Waals surface area (Å²) in [5, 5.41) is 4.00. The van der Waals surface area contributed by atoms with Gasteiger partial charge < -0.3 is 10.2 Å². The average Bonchev–Trinajstić information content (AvgIpc) is 2.17. The zero-order valence-electron chi connectivity index (χ0n) is 9.53. The van der Waals surface area contributed by atoms with Gasteiger partial charge in [-0.3, -0.25) is 0 Å². The third kappa shape index (κ3) is 2.13. The third-order valence-electron chi connectivity index (χ3n) is 2.93. The maximum absolute atomic E-state index is 3.36. The molecule has 1 saturated heterocycles. The van der Waals surface area contributed by atoms with Crippen LogP contribution < -0.4 is 10.2 Å². The molecule has 1 aromatic carbocycles. The van der Waals surface area contributed by atoms with Crippen molar-refractivity contribution in [1.82, 2.24) is 5.32 Å². The molecule has 2 rings (SSSR count). The van der Waals surface area contributed by atoms with Gasteiger partial charge in [-0.15, -0.1) is 0 Å². The van der Waals surface area contributed by atoms with E-state index in [0.29, 0.717) is 11.3 Å². The Morgan fingerprint density at radius 1 is 1.27 bits per heavy atom. The van der Waals surface area contributed by atoms with Gasteiger partial charge in [0.1, 0.15) is 0 Å². The van der Waals surface area contributed by atoms with Crippen LogP contribution in [-0.4, -0.2) is 32.9 Å². The van der Waals surface area contributed by atoms with E-state index in [-0.39, 0.29) is 0 Å². The van der Waals surface area contributed by atoms with Crippen molar-refractivity contribution in [2.24, 2.45) is 0 Å². The predicted molar refractivity (Wildman–Crippen MR) is 68.8 cm³/mol. The smallest absolute Gasteiger partial charge is 0.0459 e. The number of hydrogen-bond acceptors (Lipinski definition) is 3. The molecule has 2 nitrogen and oxygen atoms in total. The summed E-state index contributed by atoms with van der Waals surface area (Å²) in [5.74, 6) is 1.23. The van der Waals surface area contributed by atoms with E-state index in [1.54, 1.807) is 0 Å². The van der Waals surface area contributed by atoms with Crippen LogP contribution in [0.2, 0.25) is 0 Å². The summed E-state index contributed by atoms with van der Waals surface area (Å²) in [6.07, 6.45) is 0. The quantitative estimate of drug-likeness (QED) is 0.843. The molecule has 0 bridgehead atoms. The van der Waals surface area contributed by atoms with E-state index in [4.69, 9.17) is 0 Å². The zero-order chi connectivity index (χ0) is 10.8. The molecule has 0 saturated carbocycles. The van der Waals surface area contributed by atoms with Crippen molar-refractivity contribution < 1.29 is 0 Å².